The number of benzene rings is 2. The number of hydrogen-bond donors (Lipinski definition) is 0. The molecule has 2 aromatic carbocycles. The van der Waals surface area contributed by atoms with Gasteiger partial charge in [0.05, 0.1) is 31.7 Å². The molecule has 0 fully saturated rings. The van der Waals surface area contributed by atoms with Gasteiger partial charge in [0, 0.05) is 25.2 Å². The van der Waals surface area contributed by atoms with E-state index in [1.807, 2.05) is 13.8 Å². The lowest BCUT2D eigenvalue weighted by Crippen LogP contribution is -2.38. The van der Waals surface area contributed by atoms with E-state index in [1.165, 1.54) is 23.1 Å². The van der Waals surface area contributed by atoms with Gasteiger partial charge in [-0.05, 0) is 31.3 Å². The van der Waals surface area contributed by atoms with Crippen LogP contribution in [-0.4, -0.2) is 51.8 Å². The van der Waals surface area contributed by atoms with E-state index in [0.717, 1.165) is 42.6 Å². The van der Waals surface area contributed by atoms with E-state index in [4.69, 9.17) is 0 Å². The topological polar surface area (TPSA) is 123 Å². The van der Waals surface area contributed by atoms with Crippen LogP contribution in [0.15, 0.2) is 36.4 Å². The molecule has 0 atom stereocenters. The predicted molar refractivity (Wildman–Crippen MR) is 119 cm³/mol. The summed E-state index contributed by atoms with van der Waals surface area (Å²) in [5.74, 6) is -1.11. The van der Waals surface area contributed by atoms with Gasteiger partial charge in [0.15, 0.2) is 5.13 Å². The van der Waals surface area contributed by atoms with E-state index in [1.54, 1.807) is 0 Å². The summed E-state index contributed by atoms with van der Waals surface area (Å²) in [5, 5.41) is 22.8. The molecule has 10 nitrogen and oxygen atoms in total. The number of carbonyl (C=O) groups excluding carboxylic acids is 1. The zero-order valence-corrected chi connectivity index (χ0v) is 18.2. The summed E-state index contributed by atoms with van der Waals surface area (Å²) >= 11 is 1.10. The Kier molecular flexibility index (Phi) is 7.05. The van der Waals surface area contributed by atoms with Crippen molar-refractivity contribution >= 4 is 44.0 Å². The molecule has 0 aliphatic rings. The third kappa shape index (κ3) is 5.03. The normalized spacial score (nSPS) is 11.1. The van der Waals surface area contributed by atoms with Crippen molar-refractivity contribution in [2.75, 3.05) is 31.1 Å². The fourth-order valence-electron chi connectivity index (χ4n) is 3.15. The first kappa shape index (κ1) is 23.2. The fraction of sp³-hybridized carbons (Fsp3) is 0.300. The maximum Gasteiger partial charge on any atom is 0.277 e. The number of nitrogens with zero attached hydrogens (tertiary/aromatic N) is 5. The van der Waals surface area contributed by atoms with E-state index in [2.05, 4.69) is 9.88 Å². The van der Waals surface area contributed by atoms with Crippen LogP contribution in [0.1, 0.15) is 24.2 Å². The summed E-state index contributed by atoms with van der Waals surface area (Å²) in [5.41, 5.74) is -0.817. The summed E-state index contributed by atoms with van der Waals surface area (Å²) in [6, 6.07) is 6.88. The number of nitro benzene ring substituents is 2. The molecule has 0 aliphatic heterocycles. The molecule has 3 rings (SSSR count). The quantitative estimate of drug-likeness (QED) is 0.345. The SMILES string of the molecule is CCN(CC)CCN(C(=O)c1cc([N+](=O)[O-])cc([N+](=O)[O-])c1)c1nc2ccc(F)cc2s1. The molecular weight excluding hydrogens is 441 g/mol. The number of non-ortho nitro benzene ring substituents is 2. The summed E-state index contributed by atoms with van der Waals surface area (Å²) < 4.78 is 14.2. The average Bonchev–Trinajstić information content (AvgIpc) is 3.18. The van der Waals surface area contributed by atoms with Crippen molar-refractivity contribution in [2.45, 2.75) is 13.8 Å². The smallest absolute Gasteiger partial charge is 0.277 e. The summed E-state index contributed by atoms with van der Waals surface area (Å²) in [4.78, 5) is 42.1. The van der Waals surface area contributed by atoms with Crippen LogP contribution in [0, 0.1) is 26.0 Å². The number of halogens is 1. The average molecular weight is 461 g/mol. The van der Waals surface area contributed by atoms with Gasteiger partial charge in [0.25, 0.3) is 17.3 Å². The largest absolute Gasteiger partial charge is 0.302 e. The van der Waals surface area contributed by atoms with E-state index < -0.39 is 32.9 Å². The number of likely N-dealkylation sites (N-methyl/N-ethyl adjacent to an activating group) is 1. The Labute approximate surface area is 186 Å². The van der Waals surface area contributed by atoms with E-state index in [-0.39, 0.29) is 17.2 Å². The Morgan fingerprint density at radius 2 is 1.66 bits per heavy atom. The molecule has 1 aromatic heterocycles. The first-order chi connectivity index (χ1) is 15.2. The van der Waals surface area contributed by atoms with Gasteiger partial charge < -0.3 is 4.90 Å². The third-order valence-electron chi connectivity index (χ3n) is 4.92. The molecule has 0 saturated carbocycles. The van der Waals surface area contributed by atoms with Crippen LogP contribution in [0.2, 0.25) is 0 Å². The first-order valence-corrected chi connectivity index (χ1v) is 10.6. The minimum absolute atomic E-state index is 0.194. The minimum atomic E-state index is -0.787. The number of rotatable bonds is 9. The molecule has 12 heteroatoms. The van der Waals surface area contributed by atoms with Crippen molar-refractivity contribution in [3.8, 4) is 0 Å². The van der Waals surface area contributed by atoms with Crippen LogP contribution in [0.3, 0.4) is 0 Å². The Hall–Kier alpha value is -3.51. The van der Waals surface area contributed by atoms with E-state index in [9.17, 15) is 29.4 Å². The number of thiazole rings is 1. The highest BCUT2D eigenvalue weighted by molar-refractivity contribution is 7.22. The third-order valence-corrected chi connectivity index (χ3v) is 5.96. The van der Waals surface area contributed by atoms with Crippen LogP contribution < -0.4 is 4.90 Å². The van der Waals surface area contributed by atoms with Crippen molar-refractivity contribution < 1.29 is 19.0 Å². The first-order valence-electron chi connectivity index (χ1n) is 9.77. The highest BCUT2D eigenvalue weighted by atomic mass is 32.1. The summed E-state index contributed by atoms with van der Waals surface area (Å²) in [6.45, 7) is 6.11. The van der Waals surface area contributed by atoms with Crippen molar-refractivity contribution in [1.82, 2.24) is 9.88 Å². The van der Waals surface area contributed by atoms with Gasteiger partial charge in [0.2, 0.25) is 0 Å². The van der Waals surface area contributed by atoms with Crippen LogP contribution >= 0.6 is 11.3 Å². The summed E-state index contributed by atoms with van der Waals surface area (Å²) in [6.07, 6.45) is 0. The fourth-order valence-corrected chi connectivity index (χ4v) is 4.17. The molecule has 168 valence electrons. The van der Waals surface area contributed by atoms with Gasteiger partial charge in [-0.25, -0.2) is 9.37 Å². The molecule has 3 aromatic rings. The molecule has 0 spiro atoms. The number of hydrogen-bond acceptors (Lipinski definition) is 8. The number of carbonyl (C=O) groups is 1. The van der Waals surface area contributed by atoms with Gasteiger partial charge in [-0.15, -0.1) is 0 Å². The molecule has 32 heavy (non-hydrogen) atoms. The van der Waals surface area contributed by atoms with Crippen LogP contribution in [0.25, 0.3) is 10.2 Å². The van der Waals surface area contributed by atoms with Crippen LogP contribution in [0.4, 0.5) is 20.9 Å². The van der Waals surface area contributed by atoms with Crippen LogP contribution in [0.5, 0.6) is 0 Å². The van der Waals surface area contributed by atoms with Crippen molar-refractivity contribution in [1.29, 1.82) is 0 Å². The van der Waals surface area contributed by atoms with E-state index >= 15 is 0 Å². The van der Waals surface area contributed by atoms with Gasteiger partial charge in [-0.2, -0.15) is 0 Å². The monoisotopic (exact) mass is 461 g/mol. The van der Waals surface area contributed by atoms with E-state index in [0.29, 0.717) is 16.8 Å². The number of amides is 1. The van der Waals surface area contributed by atoms with Gasteiger partial charge in [-0.3, -0.25) is 29.9 Å². The molecule has 0 saturated heterocycles. The highest BCUT2D eigenvalue weighted by Gasteiger charge is 2.26. The highest BCUT2D eigenvalue weighted by Crippen LogP contribution is 2.31. The number of anilines is 1. The molecular formula is C20H20FN5O5S. The number of aromatic nitrogens is 1. The van der Waals surface area contributed by atoms with Gasteiger partial charge in [0.1, 0.15) is 5.82 Å². The molecule has 0 aliphatic carbocycles. The Bertz CT molecular complexity index is 1150. The van der Waals surface area contributed by atoms with Crippen molar-refractivity contribution in [3.63, 3.8) is 0 Å². The second-order valence-electron chi connectivity index (χ2n) is 6.84. The number of fused-ring (bicyclic) bond motifs is 1. The molecule has 1 heterocycles. The lowest BCUT2D eigenvalue weighted by molar-refractivity contribution is -0.394. The maximum absolute atomic E-state index is 13.6. The Morgan fingerprint density at radius 3 is 2.22 bits per heavy atom. The Balaban J connectivity index is 2.06. The number of nitro groups is 2. The molecule has 1 amide bonds. The predicted octanol–water partition coefficient (Wildman–Crippen LogP) is 4.24. The lowest BCUT2D eigenvalue weighted by Gasteiger charge is -2.24. The zero-order valence-electron chi connectivity index (χ0n) is 17.4. The second-order valence-corrected chi connectivity index (χ2v) is 7.85. The summed E-state index contributed by atoms with van der Waals surface area (Å²) in [7, 11) is 0. The van der Waals surface area contributed by atoms with Crippen molar-refractivity contribution in [2.24, 2.45) is 0 Å². The van der Waals surface area contributed by atoms with Gasteiger partial charge >= 0.3 is 0 Å². The maximum atomic E-state index is 13.6. The lowest BCUT2D eigenvalue weighted by atomic mass is 10.1. The standard InChI is InChI=1S/C20H20FN5O5S/c1-3-23(4-2)7-8-24(20-22-17-6-5-14(21)11-18(17)32-20)19(27)13-9-15(25(28)29)12-16(10-13)26(30)31/h5-6,9-12H,3-4,7-8H2,1-2H3. The molecule has 0 unspecified atom stereocenters. The van der Waals surface area contributed by atoms with Crippen molar-refractivity contribution in [3.05, 3.63) is 68.0 Å². The molecule has 0 N–H and O–H groups in total. The molecule has 0 bridgehead atoms. The Morgan fingerprint density at radius 1 is 1.03 bits per heavy atom. The second kappa shape index (κ2) is 9.75. The molecule has 0 radical (unpaired) electrons. The minimum Gasteiger partial charge on any atom is -0.302 e. The van der Waals surface area contributed by atoms with Crippen LogP contribution in [-0.2, 0) is 0 Å². The van der Waals surface area contributed by atoms with Gasteiger partial charge in [-0.1, -0.05) is 25.2 Å². The zero-order chi connectivity index (χ0) is 23.4.